The van der Waals surface area contributed by atoms with Crippen molar-refractivity contribution in [2.24, 2.45) is 161 Å². The maximum absolute atomic E-state index is 6.50. The van der Waals surface area contributed by atoms with Gasteiger partial charge in [-0.3, -0.25) is 0 Å². The smallest absolute Gasteiger partial charge is 0.369 e. The highest BCUT2D eigenvalue weighted by atomic mass is 35.5. The number of halogens is 6. The molecule has 9 aromatic carbocycles. The summed E-state index contributed by atoms with van der Waals surface area (Å²) in [6, 6.07) is 67.3. The van der Waals surface area contributed by atoms with E-state index in [-0.39, 0.29) is 76.8 Å². The molecule has 778 valence electrons. The average Bonchev–Trinajstić information content (AvgIpc) is 0.855. The standard InChI is InChI=1S/3C36H50Cl2N10.2H2/c3*1-35(2,3)19-21-47(33(41)45-31(39)43-29-15-11-27(37)12-16-29)23-25-7-9-26(10-8-25)24-48(22-20-36(4,5)6)34(42)46-32(40)44-30-17-13-28(38)14-18-30;;/h3*7-18H,19-24H2,1-6H3,(H4,39,41,43,45)(H4,40,42,44,46);2*1H/p+4. The molecule has 0 amide bonds. The van der Waals surface area contributed by atoms with E-state index in [2.05, 4.69) is 257 Å². The Balaban J connectivity index is 0.00000110. The quantitative estimate of drug-likeness (QED) is 0.0147. The summed E-state index contributed by atoms with van der Waals surface area (Å²) >= 11 is 35.9. The molecule has 24 N–H and O–H groups in total. The largest absolute Gasteiger partial charge is 1.00 e. The number of aliphatic imine (C=N–C) groups is 12. The molecule has 0 aromatic heterocycles. The highest BCUT2D eigenvalue weighted by molar-refractivity contribution is 6.32. The van der Waals surface area contributed by atoms with Gasteiger partial charge in [0.2, 0.25) is 35.8 Å². The van der Waals surface area contributed by atoms with Crippen LogP contribution in [0.1, 0.15) is 205 Å². The third kappa shape index (κ3) is 48.5. The topological polar surface area (TPSA) is 480 Å². The second-order valence-electron chi connectivity index (χ2n) is 42.3. The van der Waals surface area contributed by atoms with Crippen molar-refractivity contribution >= 4 is 175 Å². The van der Waals surface area contributed by atoms with Crippen LogP contribution in [0.25, 0.3) is 0 Å². The van der Waals surface area contributed by atoms with Crippen molar-refractivity contribution < 1.29 is 8.56 Å². The average molecular weight is 2090 g/mol. The van der Waals surface area contributed by atoms with E-state index in [1.165, 1.54) is 0 Å². The maximum Gasteiger partial charge on any atom is 1.00 e. The Morgan fingerprint density at radius 1 is 0.194 bits per heavy atom. The Labute approximate surface area is 892 Å². The molecule has 0 unspecified atom stereocenters. The fourth-order valence-electron chi connectivity index (χ4n) is 13.2. The van der Waals surface area contributed by atoms with E-state index in [0.29, 0.717) is 179 Å². The lowest BCUT2D eigenvalue weighted by atomic mass is 9.92. The van der Waals surface area contributed by atoms with Crippen molar-refractivity contribution in [2.45, 2.75) is 202 Å². The Hall–Kier alpha value is -12.8. The summed E-state index contributed by atoms with van der Waals surface area (Å²) in [7, 11) is 0. The molecule has 0 heterocycles. The molecule has 0 aliphatic carbocycles. The van der Waals surface area contributed by atoms with Gasteiger partial charge in [0.25, 0.3) is 0 Å². The normalized spacial score (nSPS) is 13.5. The van der Waals surface area contributed by atoms with Gasteiger partial charge in [0.15, 0.2) is 35.8 Å². The number of benzene rings is 9. The molecule has 144 heavy (non-hydrogen) atoms. The van der Waals surface area contributed by atoms with E-state index in [1.54, 1.807) is 146 Å². The number of nitrogens with zero attached hydrogens (tertiary/aromatic N) is 18. The lowest BCUT2D eigenvalue weighted by Crippen LogP contribution is -2.40. The Morgan fingerprint density at radius 3 is 0.396 bits per heavy atom. The molecule has 0 radical (unpaired) electrons. The van der Waals surface area contributed by atoms with Gasteiger partial charge in [-0.2, -0.15) is 30.0 Å². The molecule has 36 heteroatoms. The molecule has 30 nitrogen and oxygen atoms in total. The van der Waals surface area contributed by atoms with Crippen LogP contribution in [0.3, 0.4) is 0 Å². The second-order valence-corrected chi connectivity index (χ2v) is 45.0. The van der Waals surface area contributed by atoms with Gasteiger partial charge in [-0.05, 0) is 250 Å². The van der Waals surface area contributed by atoms with Gasteiger partial charge in [0, 0.05) is 112 Å². The minimum absolute atomic E-state index is 0. The first kappa shape index (κ1) is 118. The molecule has 0 bridgehead atoms. The van der Waals surface area contributed by atoms with Gasteiger partial charge in [-0.1, -0.05) is 267 Å². The molecule has 9 rings (SSSR count). The molecule has 0 atom stereocenters. The summed E-state index contributed by atoms with van der Waals surface area (Å²) in [5, 5.41) is 3.71. The zero-order valence-corrected chi connectivity index (χ0v) is 91.3. The van der Waals surface area contributed by atoms with Crippen molar-refractivity contribution in [3.8, 4) is 0 Å². The van der Waals surface area contributed by atoms with E-state index in [0.717, 1.165) is 71.9 Å². The predicted molar refractivity (Wildman–Crippen MR) is 621 cm³/mol. The van der Waals surface area contributed by atoms with Crippen LogP contribution in [0.15, 0.2) is 278 Å². The monoisotopic (exact) mass is 2090 g/mol. The third-order valence-electron chi connectivity index (χ3n) is 21.8. The summed E-state index contributed by atoms with van der Waals surface area (Å²) in [6.45, 7) is 47.0. The first-order chi connectivity index (χ1) is 67.4. The fraction of sp³-hybridized carbons (Fsp3) is 0.389. The molecule has 0 saturated heterocycles. The lowest BCUT2D eigenvalue weighted by Gasteiger charge is -2.28. The van der Waals surface area contributed by atoms with E-state index in [4.69, 9.17) is 138 Å². The minimum Gasteiger partial charge on any atom is -0.369 e. The molecular formula is C108H158Cl6N30+4. The Morgan fingerprint density at radius 2 is 0.299 bits per heavy atom. The summed E-state index contributed by atoms with van der Waals surface area (Å²) in [4.78, 5) is 64.8. The number of hydrogen-bond acceptors (Lipinski definition) is 6. The SMILES string of the molecule is CC(C)(C)CCN(Cc1ccc(CN(CCC(C)(C)C)C(N)=NC(N)=Nc2ccc(Cl)cc2)cc1)C(N)=NC(N)=Nc1ccc(Cl)cc1.CC(C)(C)CCN(Cc1ccc(CN(CCC(C)(C)C)C(N)=NC(N)=Nc2ccc(Cl)cc2)cc1)C(N)=NC(N)=Nc1ccc(Cl)cc1.CC(C)(C)CCN(Cc1ccc(CN(CCC(C)(C)C)C(N)=NC(N)=Nc2ccc(Cl)cc2)cc1)C(N)=NC(N)=Nc1ccc(Cl)cc1.[H+].[H+].[H+].[H+].[HH].[HH]. The number of guanidine groups is 12. The summed E-state index contributed by atoms with van der Waals surface area (Å²) < 4.78 is 0. The number of hydrogen-bond donors (Lipinski definition) is 12. The Kier molecular flexibility index (Phi) is 45.8. The van der Waals surface area contributed by atoms with Gasteiger partial charge >= 0.3 is 5.71 Å². The molecule has 0 fully saturated rings. The predicted octanol–water partition coefficient (Wildman–Crippen LogP) is 23.1. The van der Waals surface area contributed by atoms with Crippen LogP contribution in [0.4, 0.5) is 34.1 Å². The first-order valence-corrected chi connectivity index (χ1v) is 50.0. The van der Waals surface area contributed by atoms with Crippen LogP contribution in [0, 0.1) is 32.5 Å². The number of nitrogens with two attached hydrogens (primary N) is 12. The molecule has 0 saturated carbocycles. The van der Waals surface area contributed by atoms with Crippen molar-refractivity contribution in [3.05, 3.63) is 282 Å². The van der Waals surface area contributed by atoms with E-state index in [9.17, 15) is 0 Å². The van der Waals surface area contributed by atoms with Gasteiger partial charge in [0.1, 0.15) is 0 Å². The molecule has 0 aliphatic rings. The highest BCUT2D eigenvalue weighted by Crippen LogP contribution is 2.30. The van der Waals surface area contributed by atoms with Crippen LogP contribution < -0.4 is 68.8 Å². The van der Waals surface area contributed by atoms with Gasteiger partial charge in [0.05, 0.1) is 34.1 Å². The number of rotatable bonds is 30. The maximum atomic E-state index is 6.50. The first-order valence-electron chi connectivity index (χ1n) is 47.7. The van der Waals surface area contributed by atoms with Crippen LogP contribution in [-0.4, -0.2) is 140 Å². The van der Waals surface area contributed by atoms with Crippen molar-refractivity contribution in [1.29, 1.82) is 0 Å². The lowest BCUT2D eigenvalue weighted by molar-refractivity contribution is 0.299. The highest BCUT2D eigenvalue weighted by Gasteiger charge is 2.25. The van der Waals surface area contributed by atoms with Crippen LogP contribution >= 0.6 is 69.6 Å². The van der Waals surface area contributed by atoms with Gasteiger partial charge in [-0.25, -0.2) is 30.0 Å². The molecular weight excluding hydrogens is 1930 g/mol. The van der Waals surface area contributed by atoms with Crippen molar-refractivity contribution in [1.82, 2.24) is 29.4 Å². The zero-order valence-electron chi connectivity index (χ0n) is 90.8. The summed E-state index contributed by atoms with van der Waals surface area (Å²) in [6.07, 6.45) is 5.42. The second kappa shape index (κ2) is 55.9. The van der Waals surface area contributed by atoms with Crippen LogP contribution in [-0.2, 0) is 39.3 Å². The van der Waals surface area contributed by atoms with Crippen molar-refractivity contribution in [3.63, 3.8) is 0 Å². The Bertz CT molecular complexity index is 5000. The van der Waals surface area contributed by atoms with Gasteiger partial charge < -0.3 is 98.2 Å². The molecule has 0 spiro atoms. The third-order valence-corrected chi connectivity index (χ3v) is 23.4. The summed E-state index contributed by atoms with van der Waals surface area (Å²) in [5.74, 6) is 2.21. The van der Waals surface area contributed by atoms with E-state index >= 15 is 0 Å². The summed E-state index contributed by atoms with van der Waals surface area (Å²) in [5.41, 5.74) is 86.8. The van der Waals surface area contributed by atoms with Crippen LogP contribution in [0.2, 0.25) is 30.1 Å². The van der Waals surface area contributed by atoms with Gasteiger partial charge in [-0.15, -0.1) is 0 Å². The van der Waals surface area contributed by atoms with Crippen molar-refractivity contribution in [2.75, 3.05) is 39.3 Å². The molecule has 9 aromatic rings. The fourth-order valence-corrected chi connectivity index (χ4v) is 14.0. The zero-order chi connectivity index (χ0) is 106. The minimum atomic E-state index is 0. The van der Waals surface area contributed by atoms with E-state index < -0.39 is 0 Å². The van der Waals surface area contributed by atoms with Crippen LogP contribution in [0.5, 0.6) is 0 Å². The van der Waals surface area contributed by atoms with E-state index in [1.807, 2.05) is 29.4 Å². The molecule has 0 aliphatic heterocycles.